The number of ketones is 1. The first kappa shape index (κ1) is 24.4. The van der Waals surface area contributed by atoms with Crippen LogP contribution in [0.1, 0.15) is 54.0 Å². The lowest BCUT2D eigenvalue weighted by molar-refractivity contribution is -0.135. The molecule has 0 radical (unpaired) electrons. The molecule has 5 nitrogen and oxygen atoms in total. The number of pyridine rings is 1. The summed E-state index contributed by atoms with van der Waals surface area (Å²) in [6.07, 6.45) is 6.80. The number of Topliss-reactive ketones (excluding diaryl/α,β-unsaturated/α-hetero) is 1. The van der Waals surface area contributed by atoms with Gasteiger partial charge >= 0.3 is 0 Å². The molecular weight excluding hydrogens is 582 g/mol. The standard InChI is InChI=1S/C26H28Br2ClN3O2/c27-19-11-18-2-1-17-12-20(29)13-22(28)24(17)25(26(18)30-14-19)16-3-9-32(10-4-16)23(34)15-31-7-5-21(33)6-8-31/h11-14,16,25H,1-10,15H2. The number of halogens is 3. The van der Waals surface area contributed by atoms with Gasteiger partial charge < -0.3 is 4.90 Å². The van der Waals surface area contributed by atoms with Crippen LogP contribution in [-0.4, -0.2) is 59.2 Å². The molecule has 1 aromatic carbocycles. The molecule has 2 fully saturated rings. The van der Waals surface area contributed by atoms with Gasteiger partial charge in [-0.2, -0.15) is 0 Å². The quantitative estimate of drug-likeness (QED) is 0.468. The summed E-state index contributed by atoms with van der Waals surface area (Å²) < 4.78 is 2.06. The average Bonchev–Trinajstić information content (AvgIpc) is 2.97. The Kier molecular flexibility index (Phi) is 7.45. The van der Waals surface area contributed by atoms with Crippen molar-refractivity contribution in [3.8, 4) is 0 Å². The fraction of sp³-hybridized carbons (Fsp3) is 0.500. The molecule has 1 atom stereocenters. The van der Waals surface area contributed by atoms with Crippen molar-refractivity contribution in [3.05, 3.63) is 60.7 Å². The highest BCUT2D eigenvalue weighted by atomic mass is 79.9. The molecule has 180 valence electrons. The van der Waals surface area contributed by atoms with E-state index in [4.69, 9.17) is 16.6 Å². The van der Waals surface area contributed by atoms with Gasteiger partial charge in [0.05, 0.1) is 12.2 Å². The lowest BCUT2D eigenvalue weighted by atomic mass is 9.76. The van der Waals surface area contributed by atoms with Crippen molar-refractivity contribution in [3.63, 3.8) is 0 Å². The monoisotopic (exact) mass is 607 g/mol. The third kappa shape index (κ3) is 5.13. The Balaban J connectivity index is 1.36. The first-order chi connectivity index (χ1) is 16.4. The molecule has 3 heterocycles. The number of hydrogen-bond acceptors (Lipinski definition) is 4. The summed E-state index contributed by atoms with van der Waals surface area (Å²) >= 11 is 13.8. The summed E-state index contributed by atoms with van der Waals surface area (Å²) in [5.41, 5.74) is 5.04. The number of hydrogen-bond donors (Lipinski definition) is 0. The maximum absolute atomic E-state index is 13.0. The molecule has 2 saturated heterocycles. The lowest BCUT2D eigenvalue weighted by Gasteiger charge is -2.38. The Hall–Kier alpha value is -1.28. The Morgan fingerprint density at radius 2 is 1.71 bits per heavy atom. The molecule has 0 N–H and O–H groups in total. The zero-order valence-corrected chi connectivity index (χ0v) is 23.0. The fourth-order valence-electron chi connectivity index (χ4n) is 5.76. The van der Waals surface area contributed by atoms with Gasteiger partial charge in [0.25, 0.3) is 0 Å². The molecular formula is C26H28Br2ClN3O2. The van der Waals surface area contributed by atoms with Crippen LogP contribution in [0.4, 0.5) is 0 Å². The van der Waals surface area contributed by atoms with E-state index in [-0.39, 0.29) is 11.8 Å². The van der Waals surface area contributed by atoms with E-state index in [0.29, 0.717) is 44.2 Å². The van der Waals surface area contributed by atoms with E-state index < -0.39 is 0 Å². The van der Waals surface area contributed by atoms with Crippen LogP contribution in [0.5, 0.6) is 0 Å². The van der Waals surface area contributed by atoms with Crippen molar-refractivity contribution >= 4 is 55.2 Å². The number of fused-ring (bicyclic) bond motifs is 2. The fourth-order valence-corrected chi connectivity index (χ4v) is 7.26. The van der Waals surface area contributed by atoms with Gasteiger partial charge in [0.2, 0.25) is 5.91 Å². The molecule has 34 heavy (non-hydrogen) atoms. The summed E-state index contributed by atoms with van der Waals surface area (Å²) in [5, 5.41) is 0.754. The smallest absolute Gasteiger partial charge is 0.236 e. The largest absolute Gasteiger partial charge is 0.342 e. The minimum absolute atomic E-state index is 0.178. The van der Waals surface area contributed by atoms with Crippen LogP contribution in [0.15, 0.2) is 33.3 Å². The van der Waals surface area contributed by atoms with Gasteiger partial charge in [-0.05, 0) is 82.4 Å². The predicted octanol–water partition coefficient (Wildman–Crippen LogP) is 5.39. The van der Waals surface area contributed by atoms with Crippen molar-refractivity contribution < 1.29 is 9.59 Å². The summed E-state index contributed by atoms with van der Waals surface area (Å²) in [7, 11) is 0. The first-order valence-corrected chi connectivity index (χ1v) is 14.0. The van der Waals surface area contributed by atoms with Gasteiger partial charge in [-0.3, -0.25) is 19.5 Å². The van der Waals surface area contributed by atoms with Gasteiger partial charge in [0.15, 0.2) is 0 Å². The maximum Gasteiger partial charge on any atom is 0.236 e. The minimum atomic E-state index is 0.178. The summed E-state index contributed by atoms with van der Waals surface area (Å²) in [6.45, 7) is 3.36. The maximum atomic E-state index is 13.0. The van der Waals surface area contributed by atoms with E-state index in [2.05, 4.69) is 48.9 Å². The van der Waals surface area contributed by atoms with Gasteiger partial charge in [-0.15, -0.1) is 0 Å². The number of amides is 1. The molecule has 1 aliphatic carbocycles. The molecule has 0 saturated carbocycles. The van der Waals surface area contributed by atoms with E-state index in [1.54, 1.807) is 0 Å². The normalized spacial score (nSPS) is 21.7. The number of carbonyl (C=O) groups excluding carboxylic acids is 2. The van der Waals surface area contributed by atoms with Crippen molar-refractivity contribution in [1.29, 1.82) is 0 Å². The predicted molar refractivity (Wildman–Crippen MR) is 140 cm³/mol. The van der Waals surface area contributed by atoms with Crippen LogP contribution in [0.2, 0.25) is 5.02 Å². The second-order valence-corrected chi connectivity index (χ2v) is 11.9. The van der Waals surface area contributed by atoms with Crippen LogP contribution < -0.4 is 0 Å². The third-order valence-corrected chi connectivity index (χ3v) is 8.86. The highest BCUT2D eigenvalue weighted by molar-refractivity contribution is 9.10. The second kappa shape index (κ2) is 10.4. The van der Waals surface area contributed by atoms with Crippen LogP contribution in [-0.2, 0) is 22.4 Å². The van der Waals surface area contributed by atoms with Crippen LogP contribution in [0, 0.1) is 5.92 Å². The number of rotatable bonds is 3. The topological polar surface area (TPSA) is 53.5 Å². The third-order valence-electron chi connectivity index (χ3n) is 7.55. The van der Waals surface area contributed by atoms with Gasteiger partial charge in [0.1, 0.15) is 5.78 Å². The molecule has 3 aliphatic rings. The Labute approximate surface area is 222 Å². The van der Waals surface area contributed by atoms with Gasteiger partial charge in [-0.1, -0.05) is 27.5 Å². The summed E-state index contributed by atoms with van der Waals surface area (Å²) in [4.78, 5) is 33.5. The minimum Gasteiger partial charge on any atom is -0.342 e. The average molecular weight is 610 g/mol. The van der Waals surface area contributed by atoms with Crippen LogP contribution >= 0.6 is 43.5 Å². The number of aryl methyl sites for hydroxylation is 2. The van der Waals surface area contributed by atoms with E-state index in [9.17, 15) is 9.59 Å². The van der Waals surface area contributed by atoms with Crippen molar-refractivity contribution in [2.24, 2.45) is 5.92 Å². The zero-order chi connectivity index (χ0) is 23.8. The van der Waals surface area contributed by atoms with E-state index in [0.717, 1.165) is 58.4 Å². The Morgan fingerprint density at radius 3 is 2.44 bits per heavy atom. The number of likely N-dealkylation sites (tertiary alicyclic amines) is 2. The summed E-state index contributed by atoms with van der Waals surface area (Å²) in [5.74, 6) is 1.07. The van der Waals surface area contributed by atoms with Gasteiger partial charge in [0, 0.05) is 65.1 Å². The molecule has 1 aromatic heterocycles. The van der Waals surface area contributed by atoms with E-state index in [1.807, 2.05) is 17.2 Å². The van der Waals surface area contributed by atoms with E-state index >= 15 is 0 Å². The van der Waals surface area contributed by atoms with E-state index in [1.165, 1.54) is 16.7 Å². The molecule has 5 rings (SSSR count). The number of carbonyl (C=O) groups is 2. The molecule has 0 bridgehead atoms. The number of nitrogens with zero attached hydrogens (tertiary/aromatic N) is 3. The SMILES string of the molecule is O=C1CCN(CC(=O)N2CCC(C3c4ncc(Br)cc4CCc4cc(Cl)cc(Br)c43)CC2)CC1. The van der Waals surface area contributed by atoms with Crippen molar-refractivity contribution in [2.75, 3.05) is 32.7 Å². The van der Waals surface area contributed by atoms with Crippen molar-refractivity contribution in [1.82, 2.24) is 14.8 Å². The molecule has 0 spiro atoms. The molecule has 2 aliphatic heterocycles. The highest BCUT2D eigenvalue weighted by Crippen LogP contribution is 2.46. The molecule has 1 unspecified atom stereocenters. The van der Waals surface area contributed by atoms with Gasteiger partial charge in [-0.25, -0.2) is 0 Å². The van der Waals surface area contributed by atoms with Crippen molar-refractivity contribution in [2.45, 2.75) is 44.4 Å². The first-order valence-electron chi connectivity index (χ1n) is 12.0. The number of aromatic nitrogens is 1. The zero-order valence-electron chi connectivity index (χ0n) is 19.0. The number of piperidine rings is 2. The second-order valence-electron chi connectivity index (χ2n) is 9.67. The number of benzene rings is 1. The summed E-state index contributed by atoms with van der Waals surface area (Å²) in [6, 6.07) is 6.32. The Bertz CT molecular complexity index is 1110. The lowest BCUT2D eigenvalue weighted by Crippen LogP contribution is -2.46. The van der Waals surface area contributed by atoms with Crippen LogP contribution in [0.3, 0.4) is 0 Å². The highest BCUT2D eigenvalue weighted by Gasteiger charge is 2.36. The molecule has 1 amide bonds. The molecule has 2 aromatic rings. The van der Waals surface area contributed by atoms with Crippen LogP contribution in [0.25, 0.3) is 0 Å². The molecule has 8 heteroatoms. The Morgan fingerprint density at radius 1 is 1.00 bits per heavy atom.